The van der Waals surface area contributed by atoms with Crippen molar-refractivity contribution < 1.29 is 20.1 Å². The molecule has 4 atom stereocenters. The van der Waals surface area contributed by atoms with Crippen molar-refractivity contribution in [3.05, 3.63) is 21.5 Å². The fourth-order valence-corrected chi connectivity index (χ4v) is 2.57. The second-order valence-corrected chi connectivity index (χ2v) is 4.85. The van der Waals surface area contributed by atoms with Gasteiger partial charge in [-0.25, -0.2) is 4.98 Å². The quantitative estimate of drug-likeness (QED) is 0.421. The summed E-state index contributed by atoms with van der Waals surface area (Å²) in [4.78, 5) is 20.7. The van der Waals surface area contributed by atoms with Gasteiger partial charge in [-0.3, -0.25) is 9.36 Å². The van der Waals surface area contributed by atoms with Gasteiger partial charge in [-0.2, -0.15) is 0 Å². The van der Waals surface area contributed by atoms with Crippen molar-refractivity contribution in [2.45, 2.75) is 24.5 Å². The Morgan fingerprint density at radius 1 is 1.45 bits per heavy atom. The number of nitrogens with one attached hydrogen (secondary N) is 2. The fraction of sp³-hybridized carbons (Fsp3) is 0.500. The summed E-state index contributed by atoms with van der Waals surface area (Å²) in [5.74, 6) is 0. The van der Waals surface area contributed by atoms with Gasteiger partial charge in [-0.15, -0.1) is 0 Å². The molecule has 0 saturated carbocycles. The van der Waals surface area contributed by atoms with Gasteiger partial charge in [-0.05, 0) is 12.2 Å². The number of nitrogens with zero attached hydrogens (tertiary/aromatic N) is 2. The molecule has 10 heteroatoms. The predicted molar refractivity (Wildman–Crippen MR) is 68.5 cm³/mol. The molecule has 1 saturated heterocycles. The van der Waals surface area contributed by atoms with Crippen molar-refractivity contribution in [1.82, 2.24) is 19.5 Å². The van der Waals surface area contributed by atoms with E-state index in [2.05, 4.69) is 15.0 Å². The van der Waals surface area contributed by atoms with Crippen LogP contribution in [0.2, 0.25) is 0 Å². The van der Waals surface area contributed by atoms with E-state index in [-0.39, 0.29) is 15.9 Å². The van der Waals surface area contributed by atoms with E-state index in [1.54, 1.807) is 0 Å². The third-order valence-corrected chi connectivity index (χ3v) is 3.58. The van der Waals surface area contributed by atoms with Crippen molar-refractivity contribution in [1.29, 1.82) is 0 Å². The number of fused-ring (bicyclic) bond motifs is 1. The highest BCUT2D eigenvalue weighted by molar-refractivity contribution is 7.71. The standard InChI is InChI=1S/C10H12N4O5S/c15-1-3-5(16)6(17)9(19-3)14-7-4(13-10(14)20)8(18)12-2-11-7/h2-3,5-6,9,15-17H,1H2,(H,13,20)(H,11,12,18)/t3-,5+,6-,9+/m0/s1. The first kappa shape index (κ1) is 13.4. The van der Waals surface area contributed by atoms with Crippen LogP contribution in [-0.4, -0.2) is 59.8 Å². The number of rotatable bonds is 2. The summed E-state index contributed by atoms with van der Waals surface area (Å²) in [7, 11) is 0. The molecule has 1 fully saturated rings. The largest absolute Gasteiger partial charge is 0.394 e. The second kappa shape index (κ2) is 4.75. The molecule has 2 aromatic heterocycles. The van der Waals surface area contributed by atoms with Gasteiger partial charge >= 0.3 is 0 Å². The summed E-state index contributed by atoms with van der Waals surface area (Å²) in [6.07, 6.45) is -3.30. The summed E-state index contributed by atoms with van der Waals surface area (Å²) in [5, 5.41) is 28.9. The van der Waals surface area contributed by atoms with Crippen molar-refractivity contribution in [2.24, 2.45) is 0 Å². The van der Waals surface area contributed by atoms with Crippen LogP contribution in [-0.2, 0) is 4.74 Å². The summed E-state index contributed by atoms with van der Waals surface area (Å²) in [5.41, 5.74) is -0.0598. The Bertz CT molecular complexity index is 752. The Kier molecular flexibility index (Phi) is 3.18. The summed E-state index contributed by atoms with van der Waals surface area (Å²) in [6.45, 7) is -0.446. The van der Waals surface area contributed by atoms with E-state index >= 15 is 0 Å². The molecule has 108 valence electrons. The van der Waals surface area contributed by atoms with Gasteiger partial charge in [0, 0.05) is 0 Å². The molecule has 5 N–H and O–H groups in total. The molecule has 0 spiro atoms. The minimum Gasteiger partial charge on any atom is -0.394 e. The fourth-order valence-electron chi connectivity index (χ4n) is 2.28. The third-order valence-electron chi connectivity index (χ3n) is 3.28. The maximum Gasteiger partial charge on any atom is 0.276 e. The molecule has 3 rings (SSSR count). The second-order valence-electron chi connectivity index (χ2n) is 4.46. The van der Waals surface area contributed by atoms with E-state index in [1.807, 2.05) is 0 Å². The van der Waals surface area contributed by atoms with E-state index in [4.69, 9.17) is 22.1 Å². The summed E-state index contributed by atoms with van der Waals surface area (Å²) >= 11 is 5.10. The highest BCUT2D eigenvalue weighted by Crippen LogP contribution is 2.31. The first-order chi connectivity index (χ1) is 9.54. The minimum atomic E-state index is -1.29. The van der Waals surface area contributed by atoms with E-state index in [0.29, 0.717) is 0 Å². The number of hydrogen-bond acceptors (Lipinski definition) is 7. The molecule has 3 heterocycles. The average Bonchev–Trinajstić information content (AvgIpc) is 2.90. The maximum atomic E-state index is 11.6. The van der Waals surface area contributed by atoms with Crippen LogP contribution in [0.25, 0.3) is 11.2 Å². The molecule has 0 unspecified atom stereocenters. The SMILES string of the molecule is O=c1[nH]cnc2c1[nH]c(=S)n2[C@@H]1O[C@@H](CO)[C@@H](O)[C@@H]1O. The average molecular weight is 300 g/mol. The molecular weight excluding hydrogens is 288 g/mol. The van der Waals surface area contributed by atoms with E-state index in [0.717, 1.165) is 0 Å². The van der Waals surface area contributed by atoms with Gasteiger partial charge < -0.3 is 30.0 Å². The number of hydrogen-bond donors (Lipinski definition) is 5. The molecule has 0 aliphatic carbocycles. The van der Waals surface area contributed by atoms with Crippen LogP contribution in [0.3, 0.4) is 0 Å². The monoisotopic (exact) mass is 300 g/mol. The lowest BCUT2D eigenvalue weighted by atomic mass is 10.1. The number of ether oxygens (including phenoxy) is 1. The van der Waals surface area contributed by atoms with Crippen LogP contribution in [0.15, 0.2) is 11.1 Å². The van der Waals surface area contributed by atoms with Gasteiger partial charge in [0.15, 0.2) is 22.2 Å². The molecule has 1 aliphatic rings. The van der Waals surface area contributed by atoms with Gasteiger partial charge in [0.25, 0.3) is 5.56 Å². The zero-order valence-electron chi connectivity index (χ0n) is 10.1. The van der Waals surface area contributed by atoms with Crippen LogP contribution >= 0.6 is 12.2 Å². The number of imidazole rings is 1. The van der Waals surface area contributed by atoms with Crippen LogP contribution < -0.4 is 5.56 Å². The number of H-pyrrole nitrogens is 2. The predicted octanol–water partition coefficient (Wildman–Crippen LogP) is -1.61. The van der Waals surface area contributed by atoms with Crippen molar-refractivity contribution in [3.8, 4) is 0 Å². The molecule has 9 nitrogen and oxygen atoms in total. The smallest absolute Gasteiger partial charge is 0.276 e. The number of aromatic nitrogens is 4. The summed E-state index contributed by atoms with van der Waals surface area (Å²) in [6, 6.07) is 0. The highest BCUT2D eigenvalue weighted by Gasteiger charge is 2.44. The Morgan fingerprint density at radius 2 is 2.20 bits per heavy atom. The van der Waals surface area contributed by atoms with Gasteiger partial charge in [-0.1, -0.05) is 0 Å². The number of aliphatic hydroxyl groups is 3. The van der Waals surface area contributed by atoms with Crippen LogP contribution in [0, 0.1) is 4.77 Å². The normalized spacial score (nSPS) is 30.1. The molecule has 2 aromatic rings. The molecule has 0 radical (unpaired) electrons. The lowest BCUT2D eigenvalue weighted by Gasteiger charge is -2.16. The minimum absolute atomic E-state index is 0.124. The molecule has 0 bridgehead atoms. The van der Waals surface area contributed by atoms with Crippen molar-refractivity contribution >= 4 is 23.4 Å². The van der Waals surface area contributed by atoms with Gasteiger partial charge in [0.05, 0.1) is 12.9 Å². The highest BCUT2D eigenvalue weighted by atomic mass is 32.1. The Labute approximate surface area is 116 Å². The van der Waals surface area contributed by atoms with Crippen LogP contribution in [0.1, 0.15) is 6.23 Å². The van der Waals surface area contributed by atoms with Gasteiger partial charge in [0.1, 0.15) is 18.3 Å². The molecule has 20 heavy (non-hydrogen) atoms. The molecule has 0 amide bonds. The van der Waals surface area contributed by atoms with E-state index < -0.39 is 36.7 Å². The number of aliphatic hydroxyl groups excluding tert-OH is 3. The maximum absolute atomic E-state index is 11.6. The van der Waals surface area contributed by atoms with Gasteiger partial charge in [0.2, 0.25) is 0 Å². The van der Waals surface area contributed by atoms with Crippen molar-refractivity contribution in [3.63, 3.8) is 0 Å². The zero-order valence-corrected chi connectivity index (χ0v) is 10.9. The lowest BCUT2D eigenvalue weighted by molar-refractivity contribution is -0.0517. The Morgan fingerprint density at radius 3 is 2.85 bits per heavy atom. The Hall–Kier alpha value is -1.59. The first-order valence-electron chi connectivity index (χ1n) is 5.85. The third kappa shape index (κ3) is 1.81. The summed E-state index contributed by atoms with van der Waals surface area (Å²) < 4.78 is 6.82. The topological polar surface area (TPSA) is 136 Å². The van der Waals surface area contributed by atoms with Crippen molar-refractivity contribution in [2.75, 3.05) is 6.61 Å². The van der Waals surface area contributed by atoms with Crippen LogP contribution in [0.4, 0.5) is 0 Å². The molecule has 0 aromatic carbocycles. The van der Waals surface area contributed by atoms with E-state index in [1.165, 1.54) is 10.9 Å². The molecule has 1 aliphatic heterocycles. The van der Waals surface area contributed by atoms with Crippen LogP contribution in [0.5, 0.6) is 0 Å². The first-order valence-corrected chi connectivity index (χ1v) is 6.25. The lowest BCUT2D eigenvalue weighted by Crippen LogP contribution is -2.33. The number of aromatic amines is 2. The van der Waals surface area contributed by atoms with E-state index in [9.17, 15) is 15.0 Å². The molecular formula is C10H12N4O5S. The zero-order chi connectivity index (χ0) is 14.4. The Balaban J connectivity index is 2.16.